The van der Waals surface area contributed by atoms with Gasteiger partial charge in [0.1, 0.15) is 23.0 Å². The fourth-order valence-electron chi connectivity index (χ4n) is 2.95. The van der Waals surface area contributed by atoms with Gasteiger partial charge in [-0.2, -0.15) is 18.6 Å². The summed E-state index contributed by atoms with van der Waals surface area (Å²) in [5.41, 5.74) is 1.21. The molecule has 12 heteroatoms. The summed E-state index contributed by atoms with van der Waals surface area (Å²) < 4.78 is 60.2. The quantitative estimate of drug-likeness (QED) is 0.330. The molecule has 170 valence electrons. The second-order valence-corrected chi connectivity index (χ2v) is 8.59. The summed E-state index contributed by atoms with van der Waals surface area (Å²) in [7, 11) is 0. The van der Waals surface area contributed by atoms with E-state index in [-0.39, 0.29) is 23.6 Å². The highest BCUT2D eigenvalue weighted by atomic mass is 35.5. The number of anilines is 1. The van der Waals surface area contributed by atoms with Gasteiger partial charge in [-0.05, 0) is 61.2 Å². The first-order valence-electron chi connectivity index (χ1n) is 9.48. The van der Waals surface area contributed by atoms with Gasteiger partial charge in [0.15, 0.2) is 0 Å². The molecule has 1 aromatic heterocycles. The third-order valence-electron chi connectivity index (χ3n) is 5.05. The van der Waals surface area contributed by atoms with Gasteiger partial charge in [-0.1, -0.05) is 17.7 Å². The molecule has 1 aromatic carbocycles. The van der Waals surface area contributed by atoms with Crippen molar-refractivity contribution in [1.82, 2.24) is 15.1 Å². The van der Waals surface area contributed by atoms with Crippen molar-refractivity contribution in [2.24, 2.45) is 5.41 Å². The van der Waals surface area contributed by atoms with Crippen molar-refractivity contribution in [1.29, 1.82) is 0 Å². The van der Waals surface area contributed by atoms with Crippen LogP contribution in [0.3, 0.4) is 0 Å². The predicted molar refractivity (Wildman–Crippen MR) is 111 cm³/mol. The molecule has 1 aliphatic carbocycles. The Morgan fingerprint density at radius 1 is 1.34 bits per heavy atom. The predicted octanol–water partition coefficient (Wildman–Crippen LogP) is 4.83. The zero-order valence-electron chi connectivity index (χ0n) is 16.3. The van der Waals surface area contributed by atoms with Crippen molar-refractivity contribution in [3.8, 4) is 0 Å². The van der Waals surface area contributed by atoms with E-state index in [0.717, 1.165) is 11.9 Å². The summed E-state index contributed by atoms with van der Waals surface area (Å²) in [5, 5.41) is 1.36. The molecule has 0 saturated heterocycles. The van der Waals surface area contributed by atoms with Gasteiger partial charge in [-0.3, -0.25) is 14.5 Å². The van der Waals surface area contributed by atoms with E-state index in [1.54, 1.807) is 18.3 Å². The van der Waals surface area contributed by atoms with Gasteiger partial charge in [0.2, 0.25) is 0 Å². The Hall–Kier alpha value is -2.34. The van der Waals surface area contributed by atoms with Gasteiger partial charge in [-0.15, -0.1) is 0 Å². The number of carbonyl (C=O) groups excluding carboxylic acids is 1. The highest BCUT2D eigenvalue weighted by Crippen LogP contribution is 2.57. The van der Waals surface area contributed by atoms with Crippen LogP contribution < -0.4 is 15.2 Å². The molecule has 1 aliphatic heterocycles. The molecule has 2 aromatic rings. The summed E-state index contributed by atoms with van der Waals surface area (Å²) in [5.74, 6) is -0.618. The fraction of sp³-hybridized carbons (Fsp3) is 0.300. The van der Waals surface area contributed by atoms with Crippen molar-refractivity contribution in [3.63, 3.8) is 0 Å². The minimum Gasteiger partial charge on any atom is -0.357 e. The number of hydrogen-bond donors (Lipinski definition) is 2. The Kier molecular flexibility index (Phi) is 6.35. The lowest BCUT2D eigenvalue weighted by Gasteiger charge is -2.23. The van der Waals surface area contributed by atoms with E-state index in [1.807, 2.05) is 0 Å². The standard InChI is InChI=1S/C20H17ClF4N4O2S/c21-17-14(18(30)28-32-13-3-1-2-12(22)10-13)4-5-15(26-17)29-9-6-16(27-29)31-11-19(7-8-19)20(23,24)25/h1-6,9-10,16,27H,7-8,11H2,(H,28,30). The lowest BCUT2D eigenvalue weighted by atomic mass is 10.1. The van der Waals surface area contributed by atoms with Crippen LogP contribution in [0.25, 0.3) is 0 Å². The summed E-state index contributed by atoms with van der Waals surface area (Å²) in [4.78, 5) is 17.0. The number of alkyl halides is 3. The topological polar surface area (TPSA) is 66.5 Å². The molecule has 2 N–H and O–H groups in total. The normalized spacial score (nSPS) is 19.3. The third-order valence-corrected chi connectivity index (χ3v) is 6.12. The molecule has 1 atom stereocenters. The van der Waals surface area contributed by atoms with E-state index in [2.05, 4.69) is 15.1 Å². The van der Waals surface area contributed by atoms with Crippen LogP contribution in [0.15, 0.2) is 53.6 Å². The molecule has 4 rings (SSSR count). The maximum atomic E-state index is 13.2. The second kappa shape index (κ2) is 8.89. The van der Waals surface area contributed by atoms with Crippen LogP contribution in [0.2, 0.25) is 5.15 Å². The first-order valence-corrected chi connectivity index (χ1v) is 10.7. The van der Waals surface area contributed by atoms with Gasteiger partial charge >= 0.3 is 6.18 Å². The Bertz CT molecular complexity index is 1050. The molecule has 2 aliphatic rings. The highest BCUT2D eigenvalue weighted by Gasteiger charge is 2.63. The highest BCUT2D eigenvalue weighted by molar-refractivity contribution is 7.98. The van der Waals surface area contributed by atoms with Gasteiger partial charge < -0.3 is 4.74 Å². The van der Waals surface area contributed by atoms with Crippen LogP contribution >= 0.6 is 23.5 Å². The average Bonchev–Trinajstić information content (AvgIpc) is 3.41. The number of amides is 1. The molecule has 2 heterocycles. The Labute approximate surface area is 190 Å². The number of carbonyl (C=O) groups is 1. The molecule has 0 spiro atoms. The van der Waals surface area contributed by atoms with E-state index < -0.39 is 36.2 Å². The lowest BCUT2D eigenvalue weighted by Crippen LogP contribution is -2.40. The number of pyridine rings is 1. The van der Waals surface area contributed by atoms with Gasteiger partial charge in [0.25, 0.3) is 5.91 Å². The SMILES string of the molecule is O=C(NSc1cccc(F)c1)c1ccc(N2C=CC(OCC3(C(F)(F)F)CC3)N2)nc1Cl. The largest absolute Gasteiger partial charge is 0.396 e. The number of benzene rings is 1. The number of nitrogens with one attached hydrogen (secondary N) is 2. The first kappa shape index (κ1) is 22.8. The molecular weight excluding hydrogens is 472 g/mol. The van der Waals surface area contributed by atoms with Gasteiger partial charge in [0.05, 0.1) is 17.6 Å². The monoisotopic (exact) mass is 488 g/mol. The van der Waals surface area contributed by atoms with E-state index in [4.69, 9.17) is 16.3 Å². The smallest absolute Gasteiger partial charge is 0.357 e. The molecule has 1 fully saturated rings. The second-order valence-electron chi connectivity index (χ2n) is 7.35. The number of nitrogens with zero attached hydrogens (tertiary/aromatic N) is 2. The van der Waals surface area contributed by atoms with Crippen LogP contribution in [-0.2, 0) is 4.74 Å². The van der Waals surface area contributed by atoms with Gasteiger partial charge in [0, 0.05) is 11.1 Å². The minimum atomic E-state index is -4.28. The molecule has 1 unspecified atom stereocenters. The van der Waals surface area contributed by atoms with E-state index in [9.17, 15) is 22.4 Å². The van der Waals surface area contributed by atoms with Crippen molar-refractivity contribution >= 4 is 35.3 Å². The number of aromatic nitrogens is 1. The molecule has 0 bridgehead atoms. The summed E-state index contributed by atoms with van der Waals surface area (Å²) >= 11 is 7.08. The molecule has 6 nitrogen and oxygen atoms in total. The molecule has 0 radical (unpaired) electrons. The summed E-state index contributed by atoms with van der Waals surface area (Å²) in [6, 6.07) is 8.71. The minimum absolute atomic E-state index is 0.0643. The van der Waals surface area contributed by atoms with Crippen LogP contribution in [0.5, 0.6) is 0 Å². The van der Waals surface area contributed by atoms with E-state index >= 15 is 0 Å². The Morgan fingerprint density at radius 3 is 2.78 bits per heavy atom. The third kappa shape index (κ3) is 5.01. The maximum Gasteiger partial charge on any atom is 0.396 e. The molecule has 1 amide bonds. The van der Waals surface area contributed by atoms with Crippen molar-refractivity contribution < 1.29 is 27.1 Å². The number of hydrazine groups is 1. The Morgan fingerprint density at radius 2 is 2.12 bits per heavy atom. The average molecular weight is 489 g/mol. The number of halogens is 5. The van der Waals surface area contributed by atoms with E-state index in [0.29, 0.717) is 10.7 Å². The number of rotatable bonds is 7. The van der Waals surface area contributed by atoms with Crippen molar-refractivity contribution in [2.75, 3.05) is 11.6 Å². The summed E-state index contributed by atoms with van der Waals surface area (Å²) in [6.07, 6.45) is -1.80. The zero-order valence-corrected chi connectivity index (χ0v) is 17.9. The zero-order chi connectivity index (χ0) is 22.9. The molecule has 1 saturated carbocycles. The molecule has 32 heavy (non-hydrogen) atoms. The van der Waals surface area contributed by atoms with Gasteiger partial charge in [-0.25, -0.2) is 9.37 Å². The van der Waals surface area contributed by atoms with Crippen molar-refractivity contribution in [3.05, 3.63) is 65.2 Å². The van der Waals surface area contributed by atoms with Crippen molar-refractivity contribution in [2.45, 2.75) is 30.1 Å². The lowest BCUT2D eigenvalue weighted by molar-refractivity contribution is -0.204. The fourth-order valence-corrected chi connectivity index (χ4v) is 3.83. The summed E-state index contributed by atoms with van der Waals surface area (Å²) in [6.45, 7) is -0.428. The van der Waals surface area contributed by atoms with Crippen LogP contribution in [0, 0.1) is 11.2 Å². The molecular formula is C20H17ClF4N4O2S. The number of hydrogen-bond acceptors (Lipinski definition) is 6. The van der Waals surface area contributed by atoms with E-state index in [1.165, 1.54) is 35.3 Å². The Balaban J connectivity index is 1.32. The van der Waals surface area contributed by atoms with Crippen LogP contribution in [0.1, 0.15) is 23.2 Å². The maximum absolute atomic E-state index is 13.2. The number of ether oxygens (including phenoxy) is 1. The first-order chi connectivity index (χ1) is 15.2. The van der Waals surface area contributed by atoms with Crippen LogP contribution in [0.4, 0.5) is 23.4 Å². The van der Waals surface area contributed by atoms with Crippen LogP contribution in [-0.4, -0.2) is 29.9 Å².